The number of likely N-dealkylation sites (tertiary alicyclic amines) is 1. The fourth-order valence-corrected chi connectivity index (χ4v) is 3.25. The van der Waals surface area contributed by atoms with Gasteiger partial charge in [-0.2, -0.15) is 11.3 Å². The Balaban J connectivity index is 1.71. The van der Waals surface area contributed by atoms with E-state index in [2.05, 4.69) is 44.3 Å². The standard InChI is InChI=1S/C15H26N4S/c1-3-7-19-8-4-14(5-9-19)18-15(16-2)17-11-13-6-10-20-12-13/h6,10,12,14H,3-5,7-9,11H2,1-2H3,(H2,16,17,18). The minimum absolute atomic E-state index is 0.553. The van der Waals surface area contributed by atoms with Crippen molar-refractivity contribution in [3.05, 3.63) is 22.4 Å². The highest BCUT2D eigenvalue weighted by Gasteiger charge is 2.19. The number of nitrogens with one attached hydrogen (secondary N) is 2. The zero-order chi connectivity index (χ0) is 14.2. The van der Waals surface area contributed by atoms with Crippen LogP contribution in [0.2, 0.25) is 0 Å². The minimum atomic E-state index is 0.553. The Bertz CT molecular complexity index is 394. The normalized spacial score (nSPS) is 18.2. The van der Waals surface area contributed by atoms with Crippen LogP contribution in [0.3, 0.4) is 0 Å². The SMILES string of the molecule is CCCN1CCC(NC(=NC)NCc2ccsc2)CC1. The summed E-state index contributed by atoms with van der Waals surface area (Å²) in [7, 11) is 1.84. The highest BCUT2D eigenvalue weighted by molar-refractivity contribution is 7.07. The molecule has 1 aromatic rings. The second kappa shape index (κ2) is 8.27. The van der Waals surface area contributed by atoms with Crippen LogP contribution >= 0.6 is 11.3 Å². The molecule has 2 heterocycles. The summed E-state index contributed by atoms with van der Waals surface area (Å²) < 4.78 is 0. The summed E-state index contributed by atoms with van der Waals surface area (Å²) in [6.07, 6.45) is 3.67. The smallest absolute Gasteiger partial charge is 0.191 e. The van der Waals surface area contributed by atoms with E-state index in [1.807, 2.05) is 7.05 Å². The number of aliphatic imine (C=N–C) groups is 1. The summed E-state index contributed by atoms with van der Waals surface area (Å²) in [5, 5.41) is 11.2. The highest BCUT2D eigenvalue weighted by Crippen LogP contribution is 2.10. The Labute approximate surface area is 126 Å². The lowest BCUT2D eigenvalue weighted by atomic mass is 10.1. The lowest BCUT2D eigenvalue weighted by Gasteiger charge is -2.32. The van der Waals surface area contributed by atoms with Gasteiger partial charge in [0.15, 0.2) is 5.96 Å². The second-order valence-electron chi connectivity index (χ2n) is 5.32. The van der Waals surface area contributed by atoms with Crippen molar-refractivity contribution in [1.29, 1.82) is 0 Å². The van der Waals surface area contributed by atoms with Crippen LogP contribution in [0.5, 0.6) is 0 Å². The lowest BCUT2D eigenvalue weighted by molar-refractivity contribution is 0.206. The van der Waals surface area contributed by atoms with E-state index in [1.54, 1.807) is 11.3 Å². The van der Waals surface area contributed by atoms with Crippen molar-refractivity contribution in [2.45, 2.75) is 38.8 Å². The van der Waals surface area contributed by atoms with Gasteiger partial charge in [-0.05, 0) is 48.2 Å². The second-order valence-corrected chi connectivity index (χ2v) is 6.10. The van der Waals surface area contributed by atoms with Gasteiger partial charge >= 0.3 is 0 Å². The first kappa shape index (κ1) is 15.3. The molecular weight excluding hydrogens is 268 g/mol. The molecule has 1 aromatic heterocycles. The zero-order valence-electron chi connectivity index (χ0n) is 12.6. The average Bonchev–Trinajstić information content (AvgIpc) is 2.99. The molecule has 0 saturated carbocycles. The van der Waals surface area contributed by atoms with Crippen LogP contribution in [0.4, 0.5) is 0 Å². The monoisotopic (exact) mass is 294 g/mol. The molecule has 2 rings (SSSR count). The fraction of sp³-hybridized carbons (Fsp3) is 0.667. The quantitative estimate of drug-likeness (QED) is 0.646. The van der Waals surface area contributed by atoms with Gasteiger partial charge in [-0.15, -0.1) is 0 Å². The predicted octanol–water partition coefficient (Wildman–Crippen LogP) is 2.29. The molecule has 1 fully saturated rings. The van der Waals surface area contributed by atoms with Crippen molar-refractivity contribution < 1.29 is 0 Å². The van der Waals surface area contributed by atoms with Crippen LogP contribution < -0.4 is 10.6 Å². The van der Waals surface area contributed by atoms with E-state index in [0.29, 0.717) is 6.04 Å². The summed E-state index contributed by atoms with van der Waals surface area (Å²) in [4.78, 5) is 6.88. The van der Waals surface area contributed by atoms with Gasteiger partial charge in [0.05, 0.1) is 0 Å². The highest BCUT2D eigenvalue weighted by atomic mass is 32.1. The van der Waals surface area contributed by atoms with Crippen LogP contribution in [0.15, 0.2) is 21.8 Å². The third-order valence-electron chi connectivity index (χ3n) is 3.73. The van der Waals surface area contributed by atoms with E-state index in [0.717, 1.165) is 12.5 Å². The molecule has 4 nitrogen and oxygen atoms in total. The molecule has 112 valence electrons. The molecule has 1 aliphatic rings. The number of hydrogen-bond acceptors (Lipinski definition) is 3. The molecule has 0 bridgehead atoms. The molecule has 0 amide bonds. The third kappa shape index (κ3) is 4.80. The van der Waals surface area contributed by atoms with Crippen LogP contribution in [0.1, 0.15) is 31.7 Å². The number of guanidine groups is 1. The average molecular weight is 294 g/mol. The van der Waals surface area contributed by atoms with E-state index < -0.39 is 0 Å². The van der Waals surface area contributed by atoms with Gasteiger partial charge < -0.3 is 15.5 Å². The molecule has 2 N–H and O–H groups in total. The van der Waals surface area contributed by atoms with Crippen LogP contribution in [-0.2, 0) is 6.54 Å². The third-order valence-corrected chi connectivity index (χ3v) is 4.46. The summed E-state index contributed by atoms with van der Waals surface area (Å²) in [5.74, 6) is 0.921. The molecule has 0 radical (unpaired) electrons. The zero-order valence-corrected chi connectivity index (χ0v) is 13.4. The van der Waals surface area contributed by atoms with Crippen molar-refractivity contribution in [2.24, 2.45) is 4.99 Å². The van der Waals surface area contributed by atoms with E-state index in [9.17, 15) is 0 Å². The number of piperidine rings is 1. The largest absolute Gasteiger partial charge is 0.354 e. The summed E-state index contributed by atoms with van der Waals surface area (Å²) in [5.41, 5.74) is 1.32. The molecule has 1 saturated heterocycles. The molecule has 0 aliphatic carbocycles. The van der Waals surface area contributed by atoms with Gasteiger partial charge in [0.2, 0.25) is 0 Å². The van der Waals surface area contributed by atoms with Crippen molar-refractivity contribution in [3.8, 4) is 0 Å². The lowest BCUT2D eigenvalue weighted by Crippen LogP contribution is -2.48. The van der Waals surface area contributed by atoms with Gasteiger partial charge in [0.25, 0.3) is 0 Å². The number of rotatable bonds is 5. The maximum atomic E-state index is 4.32. The Hall–Kier alpha value is -1.07. The minimum Gasteiger partial charge on any atom is -0.354 e. The van der Waals surface area contributed by atoms with Crippen LogP contribution in [0.25, 0.3) is 0 Å². The topological polar surface area (TPSA) is 39.7 Å². The summed E-state index contributed by atoms with van der Waals surface area (Å²) in [6.45, 7) is 6.73. The molecule has 20 heavy (non-hydrogen) atoms. The Morgan fingerprint density at radius 2 is 2.25 bits per heavy atom. The first-order valence-corrected chi connectivity index (χ1v) is 8.46. The van der Waals surface area contributed by atoms with Gasteiger partial charge in [-0.1, -0.05) is 6.92 Å². The van der Waals surface area contributed by atoms with Gasteiger partial charge in [-0.25, -0.2) is 0 Å². The van der Waals surface area contributed by atoms with E-state index in [1.165, 1.54) is 44.5 Å². The molecule has 1 aliphatic heterocycles. The number of hydrogen-bond donors (Lipinski definition) is 2. The first-order valence-electron chi connectivity index (χ1n) is 7.52. The molecule has 0 unspecified atom stereocenters. The maximum Gasteiger partial charge on any atom is 0.191 e. The van der Waals surface area contributed by atoms with Crippen molar-refractivity contribution in [2.75, 3.05) is 26.7 Å². The van der Waals surface area contributed by atoms with E-state index in [-0.39, 0.29) is 0 Å². The van der Waals surface area contributed by atoms with Crippen molar-refractivity contribution in [3.63, 3.8) is 0 Å². The summed E-state index contributed by atoms with van der Waals surface area (Å²) >= 11 is 1.73. The van der Waals surface area contributed by atoms with E-state index >= 15 is 0 Å². The van der Waals surface area contributed by atoms with Gasteiger partial charge in [0.1, 0.15) is 0 Å². The van der Waals surface area contributed by atoms with Crippen LogP contribution in [-0.4, -0.2) is 43.6 Å². The number of thiophene rings is 1. The Morgan fingerprint density at radius 1 is 1.45 bits per heavy atom. The Kier molecular flexibility index (Phi) is 6.33. The maximum absolute atomic E-state index is 4.32. The molecular formula is C15H26N4S. The Morgan fingerprint density at radius 3 is 2.85 bits per heavy atom. The fourth-order valence-electron chi connectivity index (χ4n) is 2.58. The van der Waals surface area contributed by atoms with Gasteiger partial charge in [-0.3, -0.25) is 4.99 Å². The molecule has 0 spiro atoms. The van der Waals surface area contributed by atoms with E-state index in [4.69, 9.17) is 0 Å². The molecule has 5 heteroatoms. The molecule has 0 atom stereocenters. The van der Waals surface area contributed by atoms with Crippen molar-refractivity contribution in [1.82, 2.24) is 15.5 Å². The number of nitrogens with zero attached hydrogens (tertiary/aromatic N) is 2. The predicted molar refractivity (Wildman–Crippen MR) is 87.4 cm³/mol. The first-order chi connectivity index (χ1) is 9.81. The van der Waals surface area contributed by atoms with Gasteiger partial charge in [0, 0.05) is 32.7 Å². The van der Waals surface area contributed by atoms with Crippen LogP contribution in [0, 0.1) is 0 Å². The summed E-state index contributed by atoms with van der Waals surface area (Å²) in [6, 6.07) is 2.70. The van der Waals surface area contributed by atoms with Crippen molar-refractivity contribution >= 4 is 17.3 Å². The molecule has 0 aromatic carbocycles.